The van der Waals surface area contributed by atoms with Gasteiger partial charge in [-0.1, -0.05) is 0 Å². The fourth-order valence-corrected chi connectivity index (χ4v) is 2.38. The highest BCUT2D eigenvalue weighted by atomic mass is 79.9. The number of halogens is 1. The van der Waals surface area contributed by atoms with Gasteiger partial charge in [-0.15, -0.1) is 0 Å². The van der Waals surface area contributed by atoms with Gasteiger partial charge in [0.15, 0.2) is 5.65 Å². The lowest BCUT2D eigenvalue weighted by molar-refractivity contribution is -0.0591. The Balaban J connectivity index is 2.17. The van der Waals surface area contributed by atoms with Crippen molar-refractivity contribution in [3.63, 3.8) is 0 Å². The summed E-state index contributed by atoms with van der Waals surface area (Å²) >= 11 is 3.38. The zero-order valence-electron chi connectivity index (χ0n) is 9.39. The molecule has 0 N–H and O–H groups in total. The lowest BCUT2D eigenvalue weighted by Gasteiger charge is -2.26. The van der Waals surface area contributed by atoms with Crippen molar-refractivity contribution >= 4 is 27.1 Å². The second-order valence-corrected chi connectivity index (χ2v) is 5.15. The van der Waals surface area contributed by atoms with E-state index in [2.05, 4.69) is 20.9 Å². The molecule has 0 amide bonds. The van der Waals surface area contributed by atoms with Gasteiger partial charge in [-0.3, -0.25) is 9.13 Å². The third kappa shape index (κ3) is 1.71. The minimum Gasteiger partial charge on any atom is -0.376 e. The fraction of sp³-hybridized carbons (Fsp3) is 0.455. The summed E-state index contributed by atoms with van der Waals surface area (Å²) in [6.07, 6.45) is 2.88. The van der Waals surface area contributed by atoms with Crippen LogP contribution in [0.4, 0.5) is 0 Å². The highest BCUT2D eigenvalue weighted by Crippen LogP contribution is 2.19. The predicted octanol–water partition coefficient (Wildman–Crippen LogP) is 1.29. The highest BCUT2D eigenvalue weighted by Gasteiger charge is 2.22. The Kier molecular flexibility index (Phi) is 2.56. The van der Waals surface area contributed by atoms with Crippen LogP contribution in [0, 0.1) is 0 Å². The van der Waals surface area contributed by atoms with Gasteiger partial charge in [0.2, 0.25) is 0 Å². The summed E-state index contributed by atoms with van der Waals surface area (Å²) in [6, 6.07) is 1.92. The van der Waals surface area contributed by atoms with Crippen molar-refractivity contribution in [3.8, 4) is 0 Å². The average Bonchev–Trinajstić information content (AvgIpc) is 2.47. The van der Waals surface area contributed by atoms with Gasteiger partial charge in [-0.2, -0.15) is 0 Å². The number of fused-ring (bicyclic) bond motifs is 1. The third-order valence-corrected chi connectivity index (χ3v) is 3.55. The lowest BCUT2D eigenvalue weighted by atomic mass is 10.2. The van der Waals surface area contributed by atoms with E-state index >= 15 is 0 Å². The van der Waals surface area contributed by atoms with E-state index in [1.165, 1.54) is 0 Å². The molecule has 1 fully saturated rings. The van der Waals surface area contributed by atoms with Gasteiger partial charge in [0.05, 0.1) is 18.2 Å². The van der Waals surface area contributed by atoms with Gasteiger partial charge in [-0.05, 0) is 28.4 Å². The van der Waals surface area contributed by atoms with Gasteiger partial charge in [0.1, 0.15) is 0 Å². The topological polar surface area (TPSA) is 49.0 Å². The predicted molar refractivity (Wildman–Crippen MR) is 67.0 cm³/mol. The summed E-state index contributed by atoms with van der Waals surface area (Å²) in [6.45, 7) is 1.40. The van der Waals surface area contributed by atoms with E-state index in [1.807, 2.05) is 6.07 Å². The Morgan fingerprint density at radius 1 is 1.65 bits per heavy atom. The molecule has 3 rings (SSSR count). The molecule has 1 unspecified atom stereocenters. The van der Waals surface area contributed by atoms with Crippen LogP contribution in [-0.4, -0.2) is 26.8 Å². The number of ether oxygens (including phenoxy) is 1. The molecule has 6 heteroatoms. The Morgan fingerprint density at radius 2 is 2.41 bits per heavy atom. The van der Waals surface area contributed by atoms with E-state index in [4.69, 9.17) is 4.74 Å². The molecular weight excluding hydrogens is 286 g/mol. The standard InChI is InChI=1S/C11H12BrN3O2/c1-14-10-9(4-7(12)5-13-10)15(11(14)16)6-8-2-3-17-8/h4-5,8H,2-3,6H2,1H3. The summed E-state index contributed by atoms with van der Waals surface area (Å²) in [5.74, 6) is 0. The van der Waals surface area contributed by atoms with Gasteiger partial charge >= 0.3 is 5.69 Å². The van der Waals surface area contributed by atoms with Crippen LogP contribution in [0.3, 0.4) is 0 Å². The van der Waals surface area contributed by atoms with Gasteiger partial charge in [0, 0.05) is 24.3 Å². The van der Waals surface area contributed by atoms with Crippen LogP contribution in [-0.2, 0) is 18.3 Å². The monoisotopic (exact) mass is 297 g/mol. The van der Waals surface area contributed by atoms with Crippen LogP contribution >= 0.6 is 15.9 Å². The molecule has 17 heavy (non-hydrogen) atoms. The molecule has 0 bridgehead atoms. The van der Waals surface area contributed by atoms with Crippen molar-refractivity contribution in [2.45, 2.75) is 19.1 Å². The Morgan fingerprint density at radius 3 is 3.06 bits per heavy atom. The van der Waals surface area contributed by atoms with E-state index < -0.39 is 0 Å². The average molecular weight is 298 g/mol. The molecule has 1 aliphatic heterocycles. The van der Waals surface area contributed by atoms with Crippen LogP contribution in [0.5, 0.6) is 0 Å². The Labute approximate surface area is 106 Å². The smallest absolute Gasteiger partial charge is 0.330 e. The van der Waals surface area contributed by atoms with E-state index in [-0.39, 0.29) is 11.8 Å². The SMILES string of the molecule is Cn1c(=O)n(CC2CCO2)c2cc(Br)cnc21. The normalized spacial score (nSPS) is 19.5. The molecule has 2 aromatic heterocycles. The van der Waals surface area contributed by atoms with Crippen LogP contribution in [0.2, 0.25) is 0 Å². The van der Waals surface area contributed by atoms with Crippen molar-refractivity contribution in [1.29, 1.82) is 0 Å². The lowest BCUT2D eigenvalue weighted by Crippen LogP contribution is -2.35. The maximum atomic E-state index is 12.1. The summed E-state index contributed by atoms with van der Waals surface area (Å²) in [4.78, 5) is 16.4. The van der Waals surface area contributed by atoms with Crippen molar-refractivity contribution in [1.82, 2.24) is 14.1 Å². The highest BCUT2D eigenvalue weighted by molar-refractivity contribution is 9.10. The number of hydrogen-bond acceptors (Lipinski definition) is 3. The maximum absolute atomic E-state index is 12.1. The number of aryl methyl sites for hydroxylation is 1. The molecule has 1 atom stereocenters. The number of nitrogens with zero attached hydrogens (tertiary/aromatic N) is 3. The second kappa shape index (κ2) is 3.96. The largest absolute Gasteiger partial charge is 0.376 e. The molecular formula is C11H12BrN3O2. The van der Waals surface area contributed by atoms with Crippen LogP contribution in [0.15, 0.2) is 21.5 Å². The Bertz CT molecular complexity index is 627. The van der Waals surface area contributed by atoms with Crippen molar-refractivity contribution in [2.75, 3.05) is 6.61 Å². The first-order chi connectivity index (χ1) is 8.16. The fourth-order valence-electron chi connectivity index (χ4n) is 2.06. The molecule has 2 aromatic rings. The molecule has 0 aromatic carbocycles. The molecule has 0 aliphatic carbocycles. The Hall–Kier alpha value is -1.14. The van der Waals surface area contributed by atoms with Crippen LogP contribution in [0.25, 0.3) is 11.2 Å². The summed E-state index contributed by atoms with van der Waals surface area (Å²) < 4.78 is 9.55. The quantitative estimate of drug-likeness (QED) is 0.839. The number of imidazole rings is 1. The number of rotatable bonds is 2. The molecule has 0 saturated carbocycles. The molecule has 0 radical (unpaired) electrons. The third-order valence-electron chi connectivity index (χ3n) is 3.12. The maximum Gasteiger partial charge on any atom is 0.330 e. The zero-order valence-corrected chi connectivity index (χ0v) is 11.0. The molecule has 90 valence electrons. The van der Waals surface area contributed by atoms with Crippen LogP contribution < -0.4 is 5.69 Å². The zero-order chi connectivity index (χ0) is 12.0. The first-order valence-corrected chi connectivity index (χ1v) is 6.28. The van der Waals surface area contributed by atoms with Crippen molar-refractivity contribution < 1.29 is 4.74 Å². The molecule has 3 heterocycles. The van der Waals surface area contributed by atoms with Crippen LogP contribution in [0.1, 0.15) is 6.42 Å². The van der Waals surface area contributed by atoms with Gasteiger partial charge < -0.3 is 4.74 Å². The second-order valence-electron chi connectivity index (χ2n) is 4.23. The van der Waals surface area contributed by atoms with E-state index in [0.29, 0.717) is 12.2 Å². The summed E-state index contributed by atoms with van der Waals surface area (Å²) in [5, 5.41) is 0. The number of aromatic nitrogens is 3. The first kappa shape index (κ1) is 11.0. The summed E-state index contributed by atoms with van der Waals surface area (Å²) in [7, 11) is 1.74. The van der Waals surface area contributed by atoms with Gasteiger partial charge in [-0.25, -0.2) is 9.78 Å². The van der Waals surface area contributed by atoms with Crippen molar-refractivity contribution in [2.24, 2.45) is 7.05 Å². The molecule has 1 saturated heterocycles. The molecule has 5 nitrogen and oxygen atoms in total. The van der Waals surface area contributed by atoms with E-state index in [1.54, 1.807) is 22.4 Å². The summed E-state index contributed by atoms with van der Waals surface area (Å²) in [5.41, 5.74) is 1.51. The first-order valence-electron chi connectivity index (χ1n) is 5.49. The molecule has 1 aliphatic rings. The molecule has 0 spiro atoms. The van der Waals surface area contributed by atoms with E-state index in [0.717, 1.165) is 23.0 Å². The number of hydrogen-bond donors (Lipinski definition) is 0. The number of pyridine rings is 1. The van der Waals surface area contributed by atoms with E-state index in [9.17, 15) is 4.79 Å². The van der Waals surface area contributed by atoms with Crippen molar-refractivity contribution in [3.05, 3.63) is 27.2 Å². The van der Waals surface area contributed by atoms with Gasteiger partial charge in [0.25, 0.3) is 0 Å². The minimum absolute atomic E-state index is 0.0406. The minimum atomic E-state index is -0.0406.